The number of benzene rings is 2. The summed E-state index contributed by atoms with van der Waals surface area (Å²) in [6, 6.07) is 8.81. The van der Waals surface area contributed by atoms with Gasteiger partial charge in [-0.3, -0.25) is 9.48 Å². The molecule has 3 aliphatic rings. The highest BCUT2D eigenvalue weighted by Crippen LogP contribution is 2.46. The van der Waals surface area contributed by atoms with Gasteiger partial charge in [-0.05, 0) is 72.3 Å². The standard InChI is InChI=1S/C31H32FN7O2/c1-31(8-9-31)17-38-15-18(14-34-38)11-26-35-28(37-30(33)36-26)22-3-2-4-25(23(22)16-40)39-10-7-20-12-21(19-5-6-19)13-24(32)27(20)29(39)41/h2-4,12-15,19,40H,5-11,16-17H2,1H3,(H2,33,35,36,37). The fourth-order valence-electron chi connectivity index (χ4n) is 5.84. The molecule has 3 N–H and O–H groups in total. The summed E-state index contributed by atoms with van der Waals surface area (Å²) in [4.78, 5) is 28.5. The number of carbonyl (C=O) groups is 1. The van der Waals surface area contributed by atoms with E-state index in [0.717, 1.165) is 36.1 Å². The van der Waals surface area contributed by atoms with Gasteiger partial charge in [-0.2, -0.15) is 15.1 Å². The molecule has 9 nitrogen and oxygen atoms in total. The summed E-state index contributed by atoms with van der Waals surface area (Å²) in [6.07, 6.45) is 9.35. The molecule has 7 rings (SSSR count). The highest BCUT2D eigenvalue weighted by molar-refractivity contribution is 6.09. The molecule has 2 fully saturated rings. The van der Waals surface area contributed by atoms with Crippen molar-refractivity contribution in [2.45, 2.75) is 64.5 Å². The van der Waals surface area contributed by atoms with E-state index < -0.39 is 11.7 Å². The van der Waals surface area contributed by atoms with Crippen LogP contribution in [0.1, 0.15) is 77.0 Å². The number of nitrogens with zero attached hydrogens (tertiary/aromatic N) is 6. The number of aliphatic hydroxyl groups is 1. The average Bonchev–Trinajstić information content (AvgIpc) is 3.87. The summed E-state index contributed by atoms with van der Waals surface area (Å²) in [5.41, 5.74) is 10.8. The maximum atomic E-state index is 15.2. The van der Waals surface area contributed by atoms with E-state index in [1.165, 1.54) is 23.8 Å². The summed E-state index contributed by atoms with van der Waals surface area (Å²) in [6.45, 7) is 3.16. The molecule has 2 aromatic carbocycles. The van der Waals surface area contributed by atoms with Crippen LogP contribution in [-0.2, 0) is 26.0 Å². The number of carbonyl (C=O) groups excluding carboxylic acids is 1. The van der Waals surface area contributed by atoms with E-state index in [1.54, 1.807) is 18.2 Å². The Hall–Kier alpha value is -4.18. The lowest BCUT2D eigenvalue weighted by molar-refractivity contribution is 0.0976. The molecular weight excluding hydrogens is 521 g/mol. The van der Waals surface area contributed by atoms with Crippen molar-refractivity contribution in [2.75, 3.05) is 17.2 Å². The first-order chi connectivity index (χ1) is 19.8. The second-order valence-corrected chi connectivity index (χ2v) is 11.9. The van der Waals surface area contributed by atoms with Gasteiger partial charge >= 0.3 is 0 Å². The van der Waals surface area contributed by atoms with Crippen molar-refractivity contribution < 1.29 is 14.3 Å². The molecule has 0 bridgehead atoms. The zero-order valence-corrected chi connectivity index (χ0v) is 23.0. The number of nitrogens with two attached hydrogens (primary N) is 1. The van der Waals surface area contributed by atoms with Gasteiger partial charge in [0.15, 0.2) is 5.82 Å². The number of aromatic nitrogens is 5. The summed E-state index contributed by atoms with van der Waals surface area (Å²) in [5, 5.41) is 15.0. The van der Waals surface area contributed by atoms with E-state index in [9.17, 15) is 9.90 Å². The van der Waals surface area contributed by atoms with Crippen LogP contribution in [0.4, 0.5) is 16.0 Å². The van der Waals surface area contributed by atoms with Crippen molar-refractivity contribution in [1.29, 1.82) is 0 Å². The molecular formula is C31H32FN7O2. The maximum Gasteiger partial charge on any atom is 0.261 e. The van der Waals surface area contributed by atoms with Crippen LogP contribution >= 0.6 is 0 Å². The van der Waals surface area contributed by atoms with Crippen molar-refractivity contribution in [3.63, 3.8) is 0 Å². The Morgan fingerprint density at radius 1 is 1.17 bits per heavy atom. The smallest absolute Gasteiger partial charge is 0.261 e. The molecule has 0 radical (unpaired) electrons. The molecule has 2 saturated carbocycles. The Labute approximate surface area is 237 Å². The quantitative estimate of drug-likeness (QED) is 0.331. The molecule has 0 unspecified atom stereocenters. The van der Waals surface area contributed by atoms with Gasteiger partial charge in [0.25, 0.3) is 5.91 Å². The Bertz CT molecular complexity index is 1680. The van der Waals surface area contributed by atoms with Crippen molar-refractivity contribution in [3.8, 4) is 11.4 Å². The van der Waals surface area contributed by atoms with Crippen LogP contribution in [0.25, 0.3) is 11.4 Å². The van der Waals surface area contributed by atoms with Gasteiger partial charge in [-0.25, -0.2) is 9.37 Å². The Kier molecular flexibility index (Phi) is 6.11. The number of rotatable bonds is 8. The molecule has 4 aromatic rings. The first kappa shape index (κ1) is 25.8. The van der Waals surface area contributed by atoms with Crippen LogP contribution in [0.2, 0.25) is 0 Å². The second-order valence-electron chi connectivity index (χ2n) is 11.9. The number of nitrogen functional groups attached to an aromatic ring is 1. The highest BCUT2D eigenvalue weighted by Gasteiger charge is 2.38. The molecule has 2 aromatic heterocycles. The van der Waals surface area contributed by atoms with Gasteiger partial charge in [0.05, 0.1) is 24.1 Å². The number of hydrogen-bond donors (Lipinski definition) is 2. The van der Waals surface area contributed by atoms with Crippen LogP contribution < -0.4 is 10.6 Å². The zero-order valence-electron chi connectivity index (χ0n) is 23.0. The zero-order chi connectivity index (χ0) is 28.3. The minimum Gasteiger partial charge on any atom is -0.392 e. The van der Waals surface area contributed by atoms with Crippen LogP contribution in [0.15, 0.2) is 42.7 Å². The average molecular weight is 554 g/mol. The molecule has 2 aliphatic carbocycles. The van der Waals surface area contributed by atoms with Crippen molar-refractivity contribution >= 4 is 17.5 Å². The number of halogens is 1. The van der Waals surface area contributed by atoms with Gasteiger partial charge in [-0.1, -0.05) is 25.1 Å². The number of hydrogen-bond acceptors (Lipinski definition) is 7. The van der Waals surface area contributed by atoms with Crippen molar-refractivity contribution in [2.24, 2.45) is 5.41 Å². The third kappa shape index (κ3) is 4.97. The van der Waals surface area contributed by atoms with Gasteiger partial charge < -0.3 is 15.7 Å². The predicted molar refractivity (Wildman–Crippen MR) is 152 cm³/mol. The third-order valence-electron chi connectivity index (χ3n) is 8.54. The lowest BCUT2D eigenvalue weighted by Gasteiger charge is -2.31. The molecule has 1 aliphatic heterocycles. The van der Waals surface area contributed by atoms with Crippen molar-refractivity contribution in [3.05, 3.63) is 82.2 Å². The predicted octanol–water partition coefficient (Wildman–Crippen LogP) is 4.42. The van der Waals surface area contributed by atoms with E-state index in [4.69, 9.17) is 5.73 Å². The van der Waals surface area contributed by atoms with Crippen molar-refractivity contribution in [1.82, 2.24) is 24.7 Å². The lowest BCUT2D eigenvalue weighted by Crippen LogP contribution is -2.39. The fraction of sp³-hybridized carbons (Fsp3) is 0.387. The van der Waals surface area contributed by atoms with E-state index in [1.807, 2.05) is 23.1 Å². The summed E-state index contributed by atoms with van der Waals surface area (Å²) in [7, 11) is 0. The van der Waals surface area contributed by atoms with Crippen LogP contribution in [-0.4, -0.2) is 42.3 Å². The summed E-state index contributed by atoms with van der Waals surface area (Å²) < 4.78 is 17.2. The molecule has 10 heteroatoms. The molecule has 0 atom stereocenters. The minimum absolute atomic E-state index is 0.0636. The largest absolute Gasteiger partial charge is 0.392 e. The number of aliphatic hydroxyl groups excluding tert-OH is 1. The van der Waals surface area contributed by atoms with E-state index in [2.05, 4.69) is 27.0 Å². The monoisotopic (exact) mass is 553 g/mol. The third-order valence-corrected chi connectivity index (χ3v) is 8.54. The van der Waals surface area contributed by atoms with E-state index >= 15 is 4.39 Å². The van der Waals surface area contributed by atoms with E-state index in [-0.39, 0.29) is 18.1 Å². The summed E-state index contributed by atoms with van der Waals surface area (Å²) in [5.74, 6) is 0.363. The van der Waals surface area contributed by atoms with Crippen LogP contribution in [0, 0.1) is 11.2 Å². The fourth-order valence-corrected chi connectivity index (χ4v) is 5.84. The van der Waals surface area contributed by atoms with Crippen LogP contribution in [0.3, 0.4) is 0 Å². The minimum atomic E-state index is -0.481. The van der Waals surface area contributed by atoms with Gasteiger partial charge in [0, 0.05) is 36.8 Å². The highest BCUT2D eigenvalue weighted by atomic mass is 19.1. The van der Waals surface area contributed by atoms with Gasteiger partial charge in [0.2, 0.25) is 5.95 Å². The molecule has 3 heterocycles. The van der Waals surface area contributed by atoms with Crippen LogP contribution in [0.5, 0.6) is 0 Å². The van der Waals surface area contributed by atoms with Gasteiger partial charge in [0.1, 0.15) is 11.6 Å². The molecule has 0 saturated heterocycles. The van der Waals surface area contributed by atoms with E-state index in [0.29, 0.717) is 59.2 Å². The number of amides is 1. The second kappa shape index (κ2) is 9.73. The molecule has 1 amide bonds. The number of fused-ring (bicyclic) bond motifs is 1. The SMILES string of the molecule is CC1(Cn2cc(Cc3nc(N)nc(-c4cccc(N5CCc6cc(C7CC7)cc(F)c6C5=O)c4CO)n3)cn2)CC1. The Morgan fingerprint density at radius 2 is 2.00 bits per heavy atom. The molecule has 0 spiro atoms. The molecule has 41 heavy (non-hydrogen) atoms. The lowest BCUT2D eigenvalue weighted by atomic mass is 9.93. The number of anilines is 2. The summed E-state index contributed by atoms with van der Waals surface area (Å²) >= 11 is 0. The van der Waals surface area contributed by atoms with Gasteiger partial charge in [-0.15, -0.1) is 0 Å². The Balaban J connectivity index is 1.19. The topological polar surface area (TPSA) is 123 Å². The Morgan fingerprint density at radius 3 is 2.76 bits per heavy atom. The normalized spacial score (nSPS) is 17.5. The maximum absolute atomic E-state index is 15.2. The molecule has 210 valence electrons. The first-order valence-electron chi connectivity index (χ1n) is 14.2. The first-order valence-corrected chi connectivity index (χ1v) is 14.2.